The Morgan fingerprint density at radius 2 is 1.88 bits per heavy atom. The van der Waals surface area contributed by atoms with Crippen LogP contribution < -0.4 is 4.90 Å². The standard InChI is InChI=1S/C12H15NO3/c14-12(15)16-11-6-8-13(9-7-11)10-4-2-1-3-5-10/h1-5,11H,6-9H2,(H,14,15). The summed E-state index contributed by atoms with van der Waals surface area (Å²) in [7, 11) is 0. The highest BCUT2D eigenvalue weighted by atomic mass is 16.7. The fraction of sp³-hybridized carbons (Fsp3) is 0.417. The van der Waals surface area contributed by atoms with Crippen LogP contribution in [0.1, 0.15) is 12.8 Å². The molecule has 1 heterocycles. The average molecular weight is 221 g/mol. The molecule has 0 aromatic heterocycles. The molecule has 0 amide bonds. The highest BCUT2D eigenvalue weighted by Gasteiger charge is 2.21. The maximum absolute atomic E-state index is 10.4. The molecular formula is C12H15NO3. The van der Waals surface area contributed by atoms with Crippen LogP contribution in [0.5, 0.6) is 0 Å². The Balaban J connectivity index is 1.88. The van der Waals surface area contributed by atoms with Gasteiger partial charge in [0.2, 0.25) is 0 Å². The summed E-state index contributed by atoms with van der Waals surface area (Å²) in [5, 5.41) is 8.51. The monoisotopic (exact) mass is 221 g/mol. The molecule has 1 aromatic carbocycles. The molecule has 0 bridgehead atoms. The first kappa shape index (κ1) is 10.8. The summed E-state index contributed by atoms with van der Waals surface area (Å²) in [4.78, 5) is 12.6. The van der Waals surface area contributed by atoms with Crippen molar-refractivity contribution in [2.24, 2.45) is 0 Å². The van der Waals surface area contributed by atoms with E-state index in [4.69, 9.17) is 9.84 Å². The second kappa shape index (κ2) is 4.88. The van der Waals surface area contributed by atoms with Crippen molar-refractivity contribution in [1.29, 1.82) is 0 Å². The molecule has 1 fully saturated rings. The maximum Gasteiger partial charge on any atom is 0.506 e. The number of ether oxygens (including phenoxy) is 1. The van der Waals surface area contributed by atoms with E-state index in [1.807, 2.05) is 18.2 Å². The number of rotatable bonds is 2. The van der Waals surface area contributed by atoms with Crippen LogP contribution in [-0.4, -0.2) is 30.5 Å². The molecule has 1 saturated heterocycles. The number of para-hydroxylation sites is 1. The zero-order valence-electron chi connectivity index (χ0n) is 9.00. The first-order valence-electron chi connectivity index (χ1n) is 5.45. The third-order valence-electron chi connectivity index (χ3n) is 2.83. The number of anilines is 1. The Morgan fingerprint density at radius 1 is 1.25 bits per heavy atom. The zero-order valence-corrected chi connectivity index (χ0v) is 9.00. The Bertz CT molecular complexity index is 345. The van der Waals surface area contributed by atoms with Crippen LogP contribution in [0.3, 0.4) is 0 Å². The van der Waals surface area contributed by atoms with E-state index in [-0.39, 0.29) is 6.10 Å². The topological polar surface area (TPSA) is 49.8 Å². The highest BCUT2D eigenvalue weighted by molar-refractivity contribution is 5.57. The van der Waals surface area contributed by atoms with Gasteiger partial charge < -0.3 is 14.7 Å². The highest BCUT2D eigenvalue weighted by Crippen LogP contribution is 2.20. The van der Waals surface area contributed by atoms with Crippen LogP contribution in [0.2, 0.25) is 0 Å². The smallest absolute Gasteiger partial charge is 0.450 e. The van der Waals surface area contributed by atoms with Crippen molar-refractivity contribution in [1.82, 2.24) is 0 Å². The van der Waals surface area contributed by atoms with Gasteiger partial charge in [-0.3, -0.25) is 0 Å². The van der Waals surface area contributed by atoms with Crippen molar-refractivity contribution in [3.63, 3.8) is 0 Å². The third kappa shape index (κ3) is 2.66. The quantitative estimate of drug-likeness (QED) is 0.779. The van der Waals surface area contributed by atoms with Gasteiger partial charge in [0.15, 0.2) is 0 Å². The van der Waals surface area contributed by atoms with Crippen molar-refractivity contribution >= 4 is 11.8 Å². The summed E-state index contributed by atoms with van der Waals surface area (Å²) >= 11 is 0. The first-order valence-corrected chi connectivity index (χ1v) is 5.45. The van der Waals surface area contributed by atoms with Crippen LogP contribution in [0.15, 0.2) is 30.3 Å². The van der Waals surface area contributed by atoms with Crippen molar-refractivity contribution < 1.29 is 14.6 Å². The molecule has 0 spiro atoms. The molecule has 0 aliphatic carbocycles. The summed E-state index contributed by atoms with van der Waals surface area (Å²) in [6.07, 6.45) is 0.221. The number of benzene rings is 1. The molecule has 16 heavy (non-hydrogen) atoms. The fourth-order valence-electron chi connectivity index (χ4n) is 2.01. The molecule has 0 saturated carbocycles. The molecule has 4 nitrogen and oxygen atoms in total. The van der Waals surface area contributed by atoms with Crippen LogP contribution in [0, 0.1) is 0 Å². The molecule has 1 aliphatic rings. The van der Waals surface area contributed by atoms with E-state index >= 15 is 0 Å². The lowest BCUT2D eigenvalue weighted by Gasteiger charge is -2.32. The second-order valence-corrected chi connectivity index (χ2v) is 3.91. The van der Waals surface area contributed by atoms with E-state index in [1.54, 1.807) is 0 Å². The molecule has 0 atom stereocenters. The largest absolute Gasteiger partial charge is 0.506 e. The predicted molar refractivity (Wildman–Crippen MR) is 60.8 cm³/mol. The molecule has 2 rings (SSSR count). The van der Waals surface area contributed by atoms with Crippen molar-refractivity contribution in [2.45, 2.75) is 18.9 Å². The average Bonchev–Trinajstić information content (AvgIpc) is 2.30. The zero-order chi connectivity index (χ0) is 11.4. The lowest BCUT2D eigenvalue weighted by atomic mass is 10.1. The van der Waals surface area contributed by atoms with E-state index in [2.05, 4.69) is 17.0 Å². The number of nitrogens with zero attached hydrogens (tertiary/aromatic N) is 1. The minimum absolute atomic E-state index is 0.141. The first-order chi connectivity index (χ1) is 7.75. The van der Waals surface area contributed by atoms with Crippen LogP contribution >= 0.6 is 0 Å². The molecule has 86 valence electrons. The van der Waals surface area contributed by atoms with Crippen molar-refractivity contribution in [2.75, 3.05) is 18.0 Å². The number of carbonyl (C=O) groups is 1. The number of carboxylic acid groups (broad SMARTS) is 1. The summed E-state index contributed by atoms with van der Waals surface area (Å²) in [6, 6.07) is 10.1. The van der Waals surface area contributed by atoms with Crippen molar-refractivity contribution in [3.05, 3.63) is 30.3 Å². The summed E-state index contributed by atoms with van der Waals surface area (Å²) in [5.41, 5.74) is 1.19. The minimum Gasteiger partial charge on any atom is -0.450 e. The van der Waals surface area contributed by atoms with E-state index < -0.39 is 6.16 Å². The lowest BCUT2D eigenvalue weighted by Crippen LogP contribution is -2.37. The third-order valence-corrected chi connectivity index (χ3v) is 2.83. The van der Waals surface area contributed by atoms with Gasteiger partial charge in [-0.2, -0.15) is 0 Å². The van der Waals surface area contributed by atoms with Crippen LogP contribution in [0.4, 0.5) is 10.5 Å². The van der Waals surface area contributed by atoms with E-state index in [0.29, 0.717) is 0 Å². The fourth-order valence-corrected chi connectivity index (χ4v) is 2.01. The van der Waals surface area contributed by atoms with Gasteiger partial charge in [0, 0.05) is 31.6 Å². The summed E-state index contributed by atoms with van der Waals surface area (Å²) in [5.74, 6) is 0. The van der Waals surface area contributed by atoms with Crippen LogP contribution in [0.25, 0.3) is 0 Å². The predicted octanol–water partition coefficient (Wildman–Crippen LogP) is 2.35. The second-order valence-electron chi connectivity index (χ2n) is 3.91. The number of hydrogen-bond donors (Lipinski definition) is 1. The molecule has 0 radical (unpaired) electrons. The molecule has 4 heteroatoms. The van der Waals surface area contributed by atoms with Crippen LogP contribution in [-0.2, 0) is 4.74 Å². The molecular weight excluding hydrogens is 206 g/mol. The number of piperidine rings is 1. The van der Waals surface area contributed by atoms with E-state index in [9.17, 15) is 4.79 Å². The molecule has 1 aliphatic heterocycles. The Hall–Kier alpha value is -1.71. The number of hydrogen-bond acceptors (Lipinski definition) is 3. The summed E-state index contributed by atoms with van der Waals surface area (Å²) < 4.78 is 4.77. The van der Waals surface area contributed by atoms with Gasteiger partial charge >= 0.3 is 6.16 Å². The van der Waals surface area contributed by atoms with Gasteiger partial charge in [-0.05, 0) is 12.1 Å². The van der Waals surface area contributed by atoms with E-state index in [0.717, 1.165) is 25.9 Å². The SMILES string of the molecule is O=C(O)OC1CCN(c2ccccc2)CC1. The minimum atomic E-state index is -1.17. The molecule has 0 unspecified atom stereocenters. The van der Waals surface area contributed by atoms with Gasteiger partial charge in [0.25, 0.3) is 0 Å². The van der Waals surface area contributed by atoms with Gasteiger partial charge in [0.05, 0.1) is 0 Å². The van der Waals surface area contributed by atoms with E-state index in [1.165, 1.54) is 5.69 Å². The Morgan fingerprint density at radius 3 is 2.44 bits per heavy atom. The van der Waals surface area contributed by atoms with Crippen molar-refractivity contribution in [3.8, 4) is 0 Å². The summed E-state index contributed by atoms with van der Waals surface area (Å²) in [6.45, 7) is 1.70. The van der Waals surface area contributed by atoms with Gasteiger partial charge in [-0.1, -0.05) is 18.2 Å². The molecule has 1 aromatic rings. The lowest BCUT2D eigenvalue weighted by molar-refractivity contribution is 0.0416. The molecule has 1 N–H and O–H groups in total. The van der Waals surface area contributed by atoms with Gasteiger partial charge in [-0.15, -0.1) is 0 Å². The Kier molecular flexibility index (Phi) is 3.29. The van der Waals surface area contributed by atoms with Gasteiger partial charge in [0.1, 0.15) is 6.10 Å². The maximum atomic E-state index is 10.4. The Labute approximate surface area is 94.4 Å². The van der Waals surface area contributed by atoms with Gasteiger partial charge in [-0.25, -0.2) is 4.79 Å². The normalized spacial score (nSPS) is 17.1.